The van der Waals surface area contributed by atoms with Crippen LogP contribution in [-0.4, -0.2) is 17.5 Å². The molecule has 3 rings (SSSR count). The Labute approximate surface area is 119 Å². The highest BCUT2D eigenvalue weighted by Crippen LogP contribution is 2.42. The molecule has 1 aromatic rings. The van der Waals surface area contributed by atoms with Gasteiger partial charge in [-0.3, -0.25) is 0 Å². The summed E-state index contributed by atoms with van der Waals surface area (Å²) in [5.74, 6) is 0.625. The van der Waals surface area contributed by atoms with Crippen LogP contribution in [0, 0.1) is 11.7 Å². The number of halogens is 1. The monoisotopic (exact) mass is 279 g/mol. The van der Waals surface area contributed by atoms with Gasteiger partial charge in [0.05, 0.1) is 0 Å². The van der Waals surface area contributed by atoms with E-state index in [4.69, 9.17) is 0 Å². The van der Waals surface area contributed by atoms with Crippen LogP contribution in [-0.2, 0) is 0 Å². The molecular weight excluding hydrogens is 257 g/mol. The fourth-order valence-corrected chi connectivity index (χ4v) is 3.96. The van der Waals surface area contributed by atoms with Crippen molar-refractivity contribution in [1.82, 2.24) is 5.32 Å². The van der Waals surface area contributed by atoms with Gasteiger partial charge in [-0.2, -0.15) is 11.8 Å². The Morgan fingerprint density at radius 2 is 1.89 bits per heavy atom. The molecule has 0 radical (unpaired) electrons. The van der Waals surface area contributed by atoms with Crippen molar-refractivity contribution in [1.29, 1.82) is 0 Å². The SMILES string of the molecule is CSC1CCC(NC(c2ccc(F)cc2)C2CC2)C1. The summed E-state index contributed by atoms with van der Waals surface area (Å²) in [7, 11) is 0. The van der Waals surface area contributed by atoms with Crippen LogP contribution in [0.4, 0.5) is 4.39 Å². The first-order valence-electron chi connectivity index (χ1n) is 7.30. The predicted octanol–water partition coefficient (Wildman–Crippen LogP) is 4.15. The van der Waals surface area contributed by atoms with E-state index < -0.39 is 0 Å². The minimum atomic E-state index is -0.137. The number of hydrogen-bond acceptors (Lipinski definition) is 2. The molecular formula is C16H22FNS. The first-order valence-corrected chi connectivity index (χ1v) is 8.59. The molecule has 3 heteroatoms. The van der Waals surface area contributed by atoms with Gasteiger partial charge in [0.25, 0.3) is 0 Å². The third-order valence-electron chi connectivity index (χ3n) is 4.46. The maximum absolute atomic E-state index is 13.0. The lowest BCUT2D eigenvalue weighted by atomic mass is 10.0. The molecule has 104 valence electrons. The van der Waals surface area contributed by atoms with Crippen molar-refractivity contribution >= 4 is 11.8 Å². The van der Waals surface area contributed by atoms with E-state index in [2.05, 4.69) is 11.6 Å². The van der Waals surface area contributed by atoms with Crippen LogP contribution in [0.3, 0.4) is 0 Å². The Hall–Kier alpha value is -0.540. The summed E-state index contributed by atoms with van der Waals surface area (Å²) in [5, 5.41) is 4.67. The lowest BCUT2D eigenvalue weighted by Crippen LogP contribution is -2.32. The van der Waals surface area contributed by atoms with Gasteiger partial charge in [-0.15, -0.1) is 0 Å². The largest absolute Gasteiger partial charge is 0.307 e. The molecule has 2 saturated carbocycles. The molecule has 0 aromatic heterocycles. The summed E-state index contributed by atoms with van der Waals surface area (Å²) in [6.45, 7) is 0. The van der Waals surface area contributed by atoms with Gasteiger partial charge in [0.1, 0.15) is 5.82 Å². The number of rotatable bonds is 5. The second kappa shape index (κ2) is 5.84. The van der Waals surface area contributed by atoms with E-state index in [1.165, 1.54) is 37.7 Å². The van der Waals surface area contributed by atoms with E-state index in [0.29, 0.717) is 12.1 Å². The first-order chi connectivity index (χ1) is 9.26. The Kier molecular flexibility index (Phi) is 4.13. The normalized spacial score (nSPS) is 28.5. The summed E-state index contributed by atoms with van der Waals surface area (Å²) in [4.78, 5) is 0. The van der Waals surface area contributed by atoms with Crippen LogP contribution >= 0.6 is 11.8 Å². The van der Waals surface area contributed by atoms with Crippen molar-refractivity contribution in [3.63, 3.8) is 0 Å². The molecule has 3 atom stereocenters. The average Bonchev–Trinajstić information content (AvgIpc) is 3.17. The molecule has 3 unspecified atom stereocenters. The number of thioether (sulfide) groups is 1. The summed E-state index contributed by atoms with van der Waals surface area (Å²) in [6, 6.07) is 8.16. The Balaban J connectivity index is 1.66. The lowest BCUT2D eigenvalue weighted by Gasteiger charge is -2.23. The van der Waals surface area contributed by atoms with Crippen LogP contribution in [0.15, 0.2) is 24.3 Å². The van der Waals surface area contributed by atoms with Gasteiger partial charge in [0.2, 0.25) is 0 Å². The second-order valence-electron chi connectivity index (χ2n) is 5.90. The fraction of sp³-hybridized carbons (Fsp3) is 0.625. The maximum atomic E-state index is 13.0. The van der Waals surface area contributed by atoms with E-state index in [1.54, 1.807) is 12.1 Å². The number of nitrogens with one attached hydrogen (secondary N) is 1. The molecule has 19 heavy (non-hydrogen) atoms. The molecule has 0 saturated heterocycles. The predicted molar refractivity (Wildman–Crippen MR) is 79.9 cm³/mol. The first kappa shape index (κ1) is 13.4. The maximum Gasteiger partial charge on any atom is 0.123 e. The van der Waals surface area contributed by atoms with Gasteiger partial charge in [-0.05, 0) is 62.0 Å². The zero-order valence-corrected chi connectivity index (χ0v) is 12.3. The smallest absolute Gasteiger partial charge is 0.123 e. The van der Waals surface area contributed by atoms with Crippen LogP contribution in [0.1, 0.15) is 43.7 Å². The quantitative estimate of drug-likeness (QED) is 0.869. The standard InChI is InChI=1S/C16H22FNS/c1-19-15-9-8-14(10-15)18-16(11-2-3-11)12-4-6-13(17)7-5-12/h4-7,11,14-16,18H,2-3,8-10H2,1H3. The van der Waals surface area contributed by atoms with Crippen molar-refractivity contribution in [3.8, 4) is 0 Å². The minimum Gasteiger partial charge on any atom is -0.307 e. The molecule has 0 heterocycles. The van der Waals surface area contributed by atoms with Gasteiger partial charge >= 0.3 is 0 Å². The van der Waals surface area contributed by atoms with E-state index in [-0.39, 0.29) is 5.82 Å². The zero-order valence-electron chi connectivity index (χ0n) is 11.4. The Morgan fingerprint density at radius 1 is 1.16 bits per heavy atom. The molecule has 0 amide bonds. The third kappa shape index (κ3) is 3.32. The van der Waals surface area contributed by atoms with Gasteiger partial charge < -0.3 is 5.32 Å². The highest BCUT2D eigenvalue weighted by molar-refractivity contribution is 7.99. The van der Waals surface area contributed by atoms with Crippen LogP contribution in [0.5, 0.6) is 0 Å². The molecule has 0 spiro atoms. The lowest BCUT2D eigenvalue weighted by molar-refractivity contribution is 0.406. The molecule has 2 aliphatic rings. The van der Waals surface area contributed by atoms with Crippen molar-refractivity contribution in [2.45, 2.75) is 49.4 Å². The topological polar surface area (TPSA) is 12.0 Å². The molecule has 0 bridgehead atoms. The second-order valence-corrected chi connectivity index (χ2v) is 7.04. The number of benzene rings is 1. The molecule has 0 aliphatic heterocycles. The average molecular weight is 279 g/mol. The van der Waals surface area contributed by atoms with Crippen molar-refractivity contribution < 1.29 is 4.39 Å². The van der Waals surface area contributed by atoms with E-state index >= 15 is 0 Å². The molecule has 2 fully saturated rings. The van der Waals surface area contributed by atoms with Gasteiger partial charge in [0.15, 0.2) is 0 Å². The van der Waals surface area contributed by atoms with E-state index in [1.807, 2.05) is 23.9 Å². The van der Waals surface area contributed by atoms with Gasteiger partial charge in [0, 0.05) is 17.3 Å². The van der Waals surface area contributed by atoms with Gasteiger partial charge in [-0.1, -0.05) is 12.1 Å². The molecule has 1 aromatic carbocycles. The summed E-state index contributed by atoms with van der Waals surface area (Å²) >= 11 is 2.00. The summed E-state index contributed by atoms with van der Waals surface area (Å²) in [6.07, 6.45) is 8.74. The van der Waals surface area contributed by atoms with Crippen molar-refractivity contribution in [2.24, 2.45) is 5.92 Å². The number of hydrogen-bond donors (Lipinski definition) is 1. The van der Waals surface area contributed by atoms with Crippen LogP contribution in [0.2, 0.25) is 0 Å². The molecule has 1 N–H and O–H groups in total. The van der Waals surface area contributed by atoms with Crippen molar-refractivity contribution in [3.05, 3.63) is 35.6 Å². The summed E-state index contributed by atoms with van der Waals surface area (Å²) in [5.41, 5.74) is 1.26. The molecule has 2 aliphatic carbocycles. The van der Waals surface area contributed by atoms with E-state index in [9.17, 15) is 4.39 Å². The zero-order chi connectivity index (χ0) is 13.2. The Bertz CT molecular complexity index is 415. The van der Waals surface area contributed by atoms with Crippen LogP contribution in [0.25, 0.3) is 0 Å². The Morgan fingerprint density at radius 3 is 2.47 bits per heavy atom. The van der Waals surface area contributed by atoms with Gasteiger partial charge in [-0.25, -0.2) is 4.39 Å². The molecule has 1 nitrogen and oxygen atoms in total. The summed E-state index contributed by atoms with van der Waals surface area (Å²) < 4.78 is 13.0. The fourth-order valence-electron chi connectivity index (χ4n) is 3.16. The highest BCUT2D eigenvalue weighted by Gasteiger charge is 2.35. The van der Waals surface area contributed by atoms with Crippen LogP contribution < -0.4 is 5.32 Å². The van der Waals surface area contributed by atoms with E-state index in [0.717, 1.165) is 11.2 Å². The van der Waals surface area contributed by atoms with Crippen molar-refractivity contribution in [2.75, 3.05) is 6.26 Å². The minimum absolute atomic E-state index is 0.137. The third-order valence-corrected chi connectivity index (χ3v) is 5.55. The highest BCUT2D eigenvalue weighted by atomic mass is 32.2.